The Labute approximate surface area is 237 Å². The molecule has 4 atom stereocenters. The highest BCUT2D eigenvalue weighted by atomic mass is 35.5. The predicted molar refractivity (Wildman–Crippen MR) is 153 cm³/mol. The van der Waals surface area contributed by atoms with Crippen molar-refractivity contribution >= 4 is 40.6 Å². The van der Waals surface area contributed by atoms with Crippen LogP contribution >= 0.6 is 11.6 Å². The van der Waals surface area contributed by atoms with Crippen molar-refractivity contribution < 1.29 is 19.1 Å². The largest absolute Gasteiger partial charge is 0.489 e. The van der Waals surface area contributed by atoms with Gasteiger partial charge in [0.25, 0.3) is 5.91 Å². The molecule has 4 aliphatic heterocycles. The first-order chi connectivity index (χ1) is 19.4. The summed E-state index contributed by atoms with van der Waals surface area (Å²) in [6, 6.07) is 17.8. The zero-order valence-electron chi connectivity index (χ0n) is 22.0. The number of rotatable bonds is 5. The Hall–Kier alpha value is -3.94. The second kappa shape index (κ2) is 8.78. The highest BCUT2D eigenvalue weighted by Gasteiger charge is 2.81. The quantitative estimate of drug-likeness (QED) is 0.334. The third kappa shape index (κ3) is 2.91. The van der Waals surface area contributed by atoms with Crippen LogP contribution in [-0.4, -0.2) is 41.7 Å². The highest BCUT2D eigenvalue weighted by molar-refractivity contribution is 6.31. The van der Waals surface area contributed by atoms with Crippen molar-refractivity contribution in [2.75, 3.05) is 23.8 Å². The average Bonchev–Trinajstić information content (AvgIpc) is 3.66. The number of halogens is 1. The molecule has 2 fully saturated rings. The molecule has 3 aromatic carbocycles. The molecule has 7 rings (SSSR count). The smallest absolute Gasteiger partial charge is 0.251 e. The first-order valence-corrected chi connectivity index (χ1v) is 13.9. The van der Waals surface area contributed by atoms with Crippen molar-refractivity contribution in [1.29, 1.82) is 0 Å². The van der Waals surface area contributed by atoms with Crippen LogP contribution < -0.4 is 15.4 Å². The van der Waals surface area contributed by atoms with Crippen LogP contribution in [0.4, 0.5) is 11.4 Å². The van der Waals surface area contributed by atoms with Gasteiger partial charge in [-0.3, -0.25) is 19.3 Å². The fraction of sp³-hybridized carbons (Fsp3) is 0.281. The van der Waals surface area contributed by atoms with E-state index in [0.29, 0.717) is 51.8 Å². The van der Waals surface area contributed by atoms with Gasteiger partial charge in [-0.2, -0.15) is 0 Å². The maximum Gasteiger partial charge on any atom is 0.251 e. The number of carbonyl (C=O) groups excluding carboxylic acids is 3. The van der Waals surface area contributed by atoms with Crippen LogP contribution in [0.15, 0.2) is 73.3 Å². The van der Waals surface area contributed by atoms with Crippen molar-refractivity contribution in [3.05, 3.63) is 101 Å². The molecular weight excluding hydrogens is 526 g/mol. The first kappa shape index (κ1) is 25.1. The number of benzene rings is 3. The summed E-state index contributed by atoms with van der Waals surface area (Å²) in [5.74, 6) is -1.32. The average molecular weight is 554 g/mol. The molecule has 2 saturated heterocycles. The molecule has 8 heteroatoms. The molecule has 2 N–H and O–H groups in total. The summed E-state index contributed by atoms with van der Waals surface area (Å²) < 4.78 is 5.90. The minimum absolute atomic E-state index is 0.222. The number of hydrogen-bond donors (Lipinski definition) is 2. The molecule has 0 saturated carbocycles. The van der Waals surface area contributed by atoms with Gasteiger partial charge in [0.2, 0.25) is 5.91 Å². The summed E-state index contributed by atoms with van der Waals surface area (Å²) in [4.78, 5) is 46.2. The summed E-state index contributed by atoms with van der Waals surface area (Å²) in [5.41, 5.74) is 0.752. The maximum absolute atomic E-state index is 14.9. The fourth-order valence-corrected chi connectivity index (χ4v) is 8.20. The zero-order chi connectivity index (χ0) is 27.8. The van der Waals surface area contributed by atoms with Crippen LogP contribution in [0.3, 0.4) is 0 Å². The lowest BCUT2D eigenvalue weighted by atomic mass is 9.57. The standard InChI is InChI=1S/C32H28ClN3O4/c1-3-15-40-25-13-7-4-9-20(25)28(37)26-24-12-8-14-36(24)32(22-17-19(33)16-18(2)27(22)35-30(32)39)31(26)21-10-5-6-11-23(21)34-29(31)38/h3-7,9-11,13,16-17,24,26H,1,8,12,14-15H2,2H3,(H,34,38)(H,35,39)/t24-,26-,31-,32+/m0/s1. The zero-order valence-corrected chi connectivity index (χ0v) is 22.8. The van der Waals surface area contributed by atoms with Gasteiger partial charge in [-0.25, -0.2) is 0 Å². The van der Waals surface area contributed by atoms with Gasteiger partial charge < -0.3 is 15.4 Å². The van der Waals surface area contributed by atoms with E-state index in [0.717, 1.165) is 12.0 Å². The summed E-state index contributed by atoms with van der Waals surface area (Å²) in [5, 5.41) is 6.65. The normalized spacial score (nSPS) is 27.9. The second-order valence-electron chi connectivity index (χ2n) is 11.0. The molecule has 0 aromatic heterocycles. The van der Waals surface area contributed by atoms with Gasteiger partial charge in [-0.05, 0) is 67.8 Å². The SMILES string of the molecule is C=CCOc1ccccc1C(=O)[C@@H]1[C@@H]2CCCN2[C@]2(C(=O)Nc3c(C)cc(Cl)cc32)[C@]12C(=O)Nc1ccccc12. The molecule has 7 nitrogen and oxygen atoms in total. The van der Waals surface area contributed by atoms with E-state index in [1.54, 1.807) is 36.4 Å². The van der Waals surface area contributed by atoms with Crippen LogP contribution in [-0.2, 0) is 20.5 Å². The number of hydrogen-bond acceptors (Lipinski definition) is 5. The predicted octanol–water partition coefficient (Wildman–Crippen LogP) is 5.23. The van der Waals surface area contributed by atoms with Gasteiger partial charge in [0.05, 0.1) is 11.5 Å². The van der Waals surface area contributed by atoms with E-state index < -0.39 is 16.9 Å². The highest BCUT2D eigenvalue weighted by Crippen LogP contribution is 2.68. The third-order valence-corrected chi connectivity index (χ3v) is 9.38. The van der Waals surface area contributed by atoms with E-state index >= 15 is 0 Å². The van der Waals surface area contributed by atoms with Crippen LogP contribution in [0.2, 0.25) is 5.02 Å². The molecule has 4 aliphatic rings. The van der Waals surface area contributed by atoms with E-state index in [9.17, 15) is 14.4 Å². The Bertz CT molecular complexity index is 1640. The number of Topliss-reactive ketones (excluding diaryl/α,β-unsaturated/α-hetero) is 1. The van der Waals surface area contributed by atoms with Gasteiger partial charge in [-0.1, -0.05) is 54.6 Å². The summed E-state index contributed by atoms with van der Waals surface area (Å²) in [7, 11) is 0. The monoisotopic (exact) mass is 553 g/mol. The molecule has 4 heterocycles. The number of ether oxygens (including phenoxy) is 1. The van der Waals surface area contributed by atoms with Crippen LogP contribution in [0.1, 0.15) is 39.9 Å². The number of fused-ring (bicyclic) bond motifs is 7. The summed E-state index contributed by atoms with van der Waals surface area (Å²) in [6.45, 7) is 6.43. The van der Waals surface area contributed by atoms with Crippen molar-refractivity contribution in [3.63, 3.8) is 0 Å². The molecule has 40 heavy (non-hydrogen) atoms. The van der Waals surface area contributed by atoms with Gasteiger partial charge in [0.15, 0.2) is 5.78 Å². The first-order valence-electron chi connectivity index (χ1n) is 13.5. The van der Waals surface area contributed by atoms with E-state index in [1.165, 1.54) is 0 Å². The van der Waals surface area contributed by atoms with Crippen molar-refractivity contribution in [1.82, 2.24) is 4.90 Å². The number of amides is 2. The molecule has 3 aromatic rings. The number of nitrogens with zero attached hydrogens (tertiary/aromatic N) is 1. The summed E-state index contributed by atoms with van der Waals surface area (Å²) in [6.07, 6.45) is 3.10. The molecule has 0 aliphatic carbocycles. The number of nitrogens with one attached hydrogen (secondary N) is 2. The van der Waals surface area contributed by atoms with E-state index in [2.05, 4.69) is 22.1 Å². The number of anilines is 2. The van der Waals surface area contributed by atoms with E-state index in [4.69, 9.17) is 16.3 Å². The minimum atomic E-state index is -1.54. The molecule has 0 bridgehead atoms. The number of carbonyl (C=O) groups is 3. The third-order valence-electron chi connectivity index (χ3n) is 9.16. The number of aryl methyl sites for hydroxylation is 1. The Balaban J connectivity index is 1.57. The second-order valence-corrected chi connectivity index (χ2v) is 11.4. The van der Waals surface area contributed by atoms with Gasteiger partial charge in [0, 0.05) is 28.0 Å². The fourth-order valence-electron chi connectivity index (χ4n) is 7.92. The topological polar surface area (TPSA) is 87.7 Å². The van der Waals surface area contributed by atoms with E-state index in [1.807, 2.05) is 37.3 Å². The molecule has 2 spiro atoms. The number of para-hydroxylation sites is 2. The lowest BCUT2D eigenvalue weighted by molar-refractivity contribution is -0.137. The number of ketones is 1. The minimum Gasteiger partial charge on any atom is -0.489 e. The molecule has 2 amide bonds. The Morgan fingerprint density at radius 2 is 1.88 bits per heavy atom. The van der Waals surface area contributed by atoms with Crippen LogP contribution in [0.25, 0.3) is 0 Å². The summed E-state index contributed by atoms with van der Waals surface area (Å²) >= 11 is 6.63. The van der Waals surface area contributed by atoms with Gasteiger partial charge >= 0.3 is 0 Å². The van der Waals surface area contributed by atoms with Crippen molar-refractivity contribution in [2.24, 2.45) is 5.92 Å². The Morgan fingerprint density at radius 1 is 1.10 bits per heavy atom. The van der Waals surface area contributed by atoms with Crippen LogP contribution in [0.5, 0.6) is 5.75 Å². The lowest BCUT2D eigenvalue weighted by Crippen LogP contribution is -2.62. The molecular formula is C32H28ClN3O4. The van der Waals surface area contributed by atoms with Crippen LogP contribution in [0, 0.1) is 12.8 Å². The van der Waals surface area contributed by atoms with Gasteiger partial charge in [0.1, 0.15) is 23.3 Å². The molecule has 0 radical (unpaired) electrons. The van der Waals surface area contributed by atoms with E-state index in [-0.39, 0.29) is 30.2 Å². The van der Waals surface area contributed by atoms with Crippen molar-refractivity contribution in [2.45, 2.75) is 36.8 Å². The lowest BCUT2D eigenvalue weighted by Gasteiger charge is -2.43. The molecule has 0 unspecified atom stereocenters. The Kier molecular flexibility index (Phi) is 5.50. The maximum atomic E-state index is 14.9. The van der Waals surface area contributed by atoms with Gasteiger partial charge in [-0.15, -0.1) is 0 Å². The Morgan fingerprint density at radius 3 is 2.70 bits per heavy atom. The molecule has 202 valence electrons. The van der Waals surface area contributed by atoms with Crippen molar-refractivity contribution in [3.8, 4) is 5.75 Å².